The lowest BCUT2D eigenvalue weighted by atomic mass is 9.71. The van der Waals surface area contributed by atoms with Crippen LogP contribution in [0.15, 0.2) is 0 Å². The topological polar surface area (TPSA) is 27.7 Å². The van der Waals surface area contributed by atoms with E-state index >= 15 is 0 Å². The summed E-state index contributed by atoms with van der Waals surface area (Å²) in [7, 11) is 0. The second kappa shape index (κ2) is 9.95. The maximum absolute atomic E-state index is 7.04. The largest absolute Gasteiger partial charge is 0.906 e. The lowest BCUT2D eigenvalue weighted by Gasteiger charge is -2.53. The van der Waals surface area contributed by atoms with E-state index in [0.717, 1.165) is 0 Å². The van der Waals surface area contributed by atoms with Crippen LogP contribution in [0.3, 0.4) is 0 Å². The van der Waals surface area contributed by atoms with Crippen molar-refractivity contribution in [3.63, 3.8) is 0 Å². The molecule has 0 aromatic rings. The zero-order valence-corrected chi connectivity index (χ0v) is 25.7. The van der Waals surface area contributed by atoms with Crippen LogP contribution in [0.4, 0.5) is 0 Å². The molecule has 0 heterocycles. The Morgan fingerprint density at radius 3 is 0.645 bits per heavy atom. The highest BCUT2D eigenvalue weighted by Crippen LogP contribution is 2.46. The van der Waals surface area contributed by atoms with Crippen molar-refractivity contribution in [2.24, 2.45) is 34.0 Å². The predicted molar refractivity (Wildman–Crippen MR) is 137 cm³/mol. The zero-order chi connectivity index (χ0) is 25.4. The standard InChI is InChI=1S/3C9H19O.Al/c3*1-7(2)9(6,10)8(3,4)5;/h3*7H,1-6H3;/q3*-1;+3. The summed E-state index contributed by atoms with van der Waals surface area (Å²) >= 11 is -2.58. The van der Waals surface area contributed by atoms with E-state index in [1.165, 1.54) is 0 Å². The second-order valence-electron chi connectivity index (χ2n) is 14.2. The molecule has 3 unspecified atom stereocenters. The van der Waals surface area contributed by atoms with Crippen LogP contribution >= 0.6 is 0 Å². The summed E-state index contributed by atoms with van der Waals surface area (Å²) in [5.41, 5.74) is -1.25. The molecule has 0 aliphatic heterocycles. The quantitative estimate of drug-likeness (QED) is 0.326. The van der Waals surface area contributed by atoms with Crippen LogP contribution in [-0.4, -0.2) is 32.0 Å². The van der Waals surface area contributed by atoms with Gasteiger partial charge in [-0.15, -0.1) is 0 Å². The first-order valence-corrected chi connectivity index (χ1v) is 13.8. The van der Waals surface area contributed by atoms with Gasteiger partial charge in [0.15, 0.2) is 0 Å². The third kappa shape index (κ3) is 6.73. The molecular formula is C27H57AlO3. The Bertz CT molecular complexity index is 484. The molecule has 0 amide bonds. The zero-order valence-electron chi connectivity index (χ0n) is 24.5. The van der Waals surface area contributed by atoms with Gasteiger partial charge in [-0.1, -0.05) is 104 Å². The van der Waals surface area contributed by atoms with Gasteiger partial charge in [0.1, 0.15) is 0 Å². The highest BCUT2D eigenvalue weighted by molar-refractivity contribution is 6.37. The molecule has 3 nitrogen and oxygen atoms in total. The van der Waals surface area contributed by atoms with Crippen LogP contribution in [0, 0.1) is 34.0 Å². The molecule has 0 saturated carbocycles. The fourth-order valence-electron chi connectivity index (χ4n) is 4.21. The van der Waals surface area contributed by atoms with Crippen LogP contribution in [0.1, 0.15) is 125 Å². The third-order valence-electron chi connectivity index (χ3n) is 8.80. The average Bonchev–Trinajstić information content (AvgIpc) is 2.50. The van der Waals surface area contributed by atoms with Gasteiger partial charge < -0.3 is 11.4 Å². The number of hydrogen-bond donors (Lipinski definition) is 0. The monoisotopic (exact) mass is 456 g/mol. The van der Waals surface area contributed by atoms with Crippen molar-refractivity contribution in [1.82, 2.24) is 0 Å². The van der Waals surface area contributed by atoms with Gasteiger partial charge in [-0.05, 0) is 54.8 Å². The Morgan fingerprint density at radius 2 is 0.548 bits per heavy atom. The third-order valence-corrected chi connectivity index (χ3v) is 10.8. The summed E-state index contributed by atoms with van der Waals surface area (Å²) in [5, 5.41) is 0. The van der Waals surface area contributed by atoms with Gasteiger partial charge in [-0.25, -0.2) is 0 Å². The first-order valence-electron chi connectivity index (χ1n) is 12.4. The van der Waals surface area contributed by atoms with Crippen LogP contribution in [-0.2, 0) is 11.4 Å². The maximum atomic E-state index is 7.04. The van der Waals surface area contributed by atoms with Crippen molar-refractivity contribution in [3.8, 4) is 0 Å². The van der Waals surface area contributed by atoms with Crippen molar-refractivity contribution in [2.45, 2.75) is 141 Å². The van der Waals surface area contributed by atoms with E-state index in [1.54, 1.807) is 0 Å². The van der Waals surface area contributed by atoms with Gasteiger partial charge in [-0.3, -0.25) is 0 Å². The summed E-state index contributed by atoms with van der Waals surface area (Å²) in [4.78, 5) is 0. The fraction of sp³-hybridized carbons (Fsp3) is 1.00. The Labute approximate surface area is 201 Å². The summed E-state index contributed by atoms with van der Waals surface area (Å²) in [6.45, 7) is 40.5. The molecule has 0 aliphatic carbocycles. The smallest absolute Gasteiger partial charge is 0.449 e. The van der Waals surface area contributed by atoms with Gasteiger partial charge in [0.05, 0.1) is 0 Å². The van der Waals surface area contributed by atoms with E-state index in [4.69, 9.17) is 11.4 Å². The summed E-state index contributed by atoms with van der Waals surface area (Å²) < 4.78 is 21.1. The molecule has 31 heavy (non-hydrogen) atoms. The molecule has 0 radical (unpaired) electrons. The minimum absolute atomic E-state index is 0.0505. The molecule has 4 heteroatoms. The Morgan fingerprint density at radius 1 is 0.387 bits per heavy atom. The van der Waals surface area contributed by atoms with E-state index in [2.05, 4.69) is 125 Å². The van der Waals surface area contributed by atoms with E-state index < -0.39 is 15.1 Å². The summed E-state index contributed by atoms with van der Waals surface area (Å²) in [5.74, 6) is 0.985. The second-order valence-corrected chi connectivity index (χ2v) is 15.5. The van der Waals surface area contributed by atoms with Gasteiger partial charge in [0, 0.05) is 16.8 Å². The molecule has 0 saturated heterocycles. The molecule has 0 fully saturated rings. The molecular weight excluding hydrogens is 399 g/mol. The highest BCUT2D eigenvalue weighted by Gasteiger charge is 2.57. The molecule has 0 rings (SSSR count). The van der Waals surface area contributed by atoms with E-state index in [9.17, 15) is 0 Å². The summed E-state index contributed by atoms with van der Waals surface area (Å²) in [6.07, 6.45) is 0. The van der Waals surface area contributed by atoms with Crippen LogP contribution in [0.25, 0.3) is 0 Å². The van der Waals surface area contributed by atoms with Crippen molar-refractivity contribution in [1.29, 1.82) is 0 Å². The van der Waals surface area contributed by atoms with Gasteiger partial charge in [0.25, 0.3) is 0 Å². The van der Waals surface area contributed by atoms with E-state index in [-0.39, 0.29) is 33.0 Å². The van der Waals surface area contributed by atoms with E-state index in [1.807, 2.05) is 0 Å². The minimum Gasteiger partial charge on any atom is -0.449 e. The lowest BCUT2D eigenvalue weighted by Crippen LogP contribution is -2.60. The molecule has 3 atom stereocenters. The molecule has 0 bridgehead atoms. The SMILES string of the molecule is CC(C)C(C)([O][Al]([O]C(C)(C(C)C)C(C)(C)C)[O]C(C)(C(C)C)C(C)(C)C)C(C)(C)C. The van der Waals surface area contributed by atoms with Crippen LogP contribution in [0.5, 0.6) is 0 Å². The minimum atomic E-state index is -2.58. The van der Waals surface area contributed by atoms with Gasteiger partial charge >= 0.3 is 15.1 Å². The Hall–Kier alpha value is 0.412. The van der Waals surface area contributed by atoms with Crippen molar-refractivity contribution >= 4 is 15.1 Å². The molecule has 0 spiro atoms. The van der Waals surface area contributed by atoms with Gasteiger partial charge in [-0.2, -0.15) is 0 Å². The van der Waals surface area contributed by atoms with Crippen molar-refractivity contribution < 1.29 is 11.4 Å². The normalized spacial score (nSPS) is 20.0. The average molecular weight is 457 g/mol. The molecule has 0 aromatic heterocycles. The van der Waals surface area contributed by atoms with Crippen LogP contribution < -0.4 is 0 Å². The molecule has 0 aliphatic rings. The Balaban J connectivity index is 6.58. The molecule has 0 N–H and O–H groups in total. The van der Waals surface area contributed by atoms with Gasteiger partial charge in [0.2, 0.25) is 0 Å². The first-order chi connectivity index (χ1) is 13.4. The number of rotatable bonds is 9. The van der Waals surface area contributed by atoms with Crippen molar-refractivity contribution in [2.75, 3.05) is 0 Å². The summed E-state index contributed by atoms with van der Waals surface area (Å²) in [6, 6.07) is 0. The van der Waals surface area contributed by atoms with Crippen molar-refractivity contribution in [3.05, 3.63) is 0 Å². The lowest BCUT2D eigenvalue weighted by molar-refractivity contribution is -0.174. The maximum Gasteiger partial charge on any atom is 0.906 e. The molecule has 186 valence electrons. The predicted octanol–water partition coefficient (Wildman–Crippen LogP) is 8.40. The highest BCUT2D eigenvalue weighted by atomic mass is 27.3. The Kier molecular flexibility index (Phi) is 10.1. The van der Waals surface area contributed by atoms with Crippen LogP contribution in [0.2, 0.25) is 0 Å². The number of hydrogen-bond acceptors (Lipinski definition) is 3. The van der Waals surface area contributed by atoms with E-state index in [0.29, 0.717) is 17.8 Å². The fourth-order valence-corrected chi connectivity index (χ4v) is 7.43. The molecule has 0 aromatic carbocycles. The first kappa shape index (κ1) is 31.4.